The fourth-order valence-electron chi connectivity index (χ4n) is 2.84. The quantitative estimate of drug-likeness (QED) is 0.514. The lowest BCUT2D eigenvalue weighted by molar-refractivity contribution is -0.137. The van der Waals surface area contributed by atoms with Gasteiger partial charge in [-0.05, 0) is 35.7 Å². The van der Waals surface area contributed by atoms with E-state index in [2.05, 4.69) is 6.92 Å². The maximum atomic E-state index is 13.1. The van der Waals surface area contributed by atoms with E-state index in [1.54, 1.807) is 0 Å². The minimum atomic E-state index is -4.46. The standard InChI is InChI=1S/C20H23F3O2S/c1-2-3-4-5-8-15-26(24,25)17-13-11-16(12-14-17)18-9-6-7-10-19(18)20(21,22)23/h6-7,9-14H,2-5,8,15H2,1H3. The molecule has 0 saturated heterocycles. The topological polar surface area (TPSA) is 34.1 Å². The molecular formula is C20H23F3O2S. The first-order valence-corrected chi connectivity index (χ1v) is 10.4. The van der Waals surface area contributed by atoms with Gasteiger partial charge >= 0.3 is 6.18 Å². The summed E-state index contributed by atoms with van der Waals surface area (Å²) >= 11 is 0. The van der Waals surface area contributed by atoms with Crippen LogP contribution < -0.4 is 0 Å². The molecule has 6 heteroatoms. The molecular weight excluding hydrogens is 361 g/mol. The lowest BCUT2D eigenvalue weighted by atomic mass is 9.99. The van der Waals surface area contributed by atoms with Crippen LogP contribution in [0, 0.1) is 0 Å². The molecule has 2 aromatic rings. The molecule has 2 aromatic carbocycles. The van der Waals surface area contributed by atoms with Crippen molar-refractivity contribution in [2.75, 3.05) is 5.75 Å². The van der Waals surface area contributed by atoms with Gasteiger partial charge in [0.1, 0.15) is 0 Å². The lowest BCUT2D eigenvalue weighted by Gasteiger charge is -2.13. The Labute approximate surface area is 153 Å². The number of hydrogen-bond donors (Lipinski definition) is 0. The van der Waals surface area contributed by atoms with Crippen molar-refractivity contribution < 1.29 is 21.6 Å². The SMILES string of the molecule is CCCCCCCS(=O)(=O)c1ccc(-c2ccccc2C(F)(F)F)cc1. The Balaban J connectivity index is 2.16. The van der Waals surface area contributed by atoms with Crippen LogP contribution in [-0.4, -0.2) is 14.2 Å². The average molecular weight is 384 g/mol. The predicted octanol–water partition coefficient (Wildman–Crippen LogP) is 6.12. The van der Waals surface area contributed by atoms with Crippen molar-refractivity contribution in [3.63, 3.8) is 0 Å². The second kappa shape index (κ2) is 8.71. The van der Waals surface area contributed by atoms with Crippen LogP contribution in [0.5, 0.6) is 0 Å². The van der Waals surface area contributed by atoms with Gasteiger partial charge in [-0.2, -0.15) is 13.2 Å². The van der Waals surface area contributed by atoms with Gasteiger partial charge in [-0.3, -0.25) is 0 Å². The van der Waals surface area contributed by atoms with Crippen LogP contribution in [0.25, 0.3) is 11.1 Å². The third-order valence-corrected chi connectivity index (χ3v) is 6.09. The van der Waals surface area contributed by atoms with Gasteiger partial charge in [-0.25, -0.2) is 8.42 Å². The molecule has 0 radical (unpaired) electrons. The van der Waals surface area contributed by atoms with E-state index >= 15 is 0 Å². The number of alkyl halides is 3. The third-order valence-electron chi connectivity index (χ3n) is 4.27. The van der Waals surface area contributed by atoms with Crippen LogP contribution in [0.1, 0.15) is 44.6 Å². The fourth-order valence-corrected chi connectivity index (χ4v) is 4.21. The molecule has 0 aliphatic carbocycles. The molecule has 0 spiro atoms. The Bertz CT molecular complexity index is 810. The van der Waals surface area contributed by atoms with Gasteiger partial charge in [0, 0.05) is 0 Å². The summed E-state index contributed by atoms with van der Waals surface area (Å²) in [7, 11) is -3.41. The van der Waals surface area contributed by atoms with Crippen LogP contribution >= 0.6 is 0 Å². The highest BCUT2D eigenvalue weighted by atomic mass is 32.2. The molecule has 0 heterocycles. The largest absolute Gasteiger partial charge is 0.417 e. The normalized spacial score (nSPS) is 12.3. The van der Waals surface area contributed by atoms with Gasteiger partial charge < -0.3 is 0 Å². The zero-order chi connectivity index (χ0) is 19.2. The van der Waals surface area contributed by atoms with Gasteiger partial charge in [0.05, 0.1) is 16.2 Å². The fraction of sp³-hybridized carbons (Fsp3) is 0.400. The van der Waals surface area contributed by atoms with Gasteiger partial charge in [-0.15, -0.1) is 0 Å². The van der Waals surface area contributed by atoms with Gasteiger partial charge in [0.2, 0.25) is 0 Å². The van der Waals surface area contributed by atoms with Crippen molar-refractivity contribution in [3.8, 4) is 11.1 Å². The lowest BCUT2D eigenvalue weighted by Crippen LogP contribution is -2.08. The van der Waals surface area contributed by atoms with Gasteiger partial charge in [0.25, 0.3) is 0 Å². The summed E-state index contributed by atoms with van der Waals surface area (Å²) in [6.07, 6.45) is 0.199. The molecule has 0 bridgehead atoms. The van der Waals surface area contributed by atoms with Crippen molar-refractivity contribution in [1.29, 1.82) is 0 Å². The van der Waals surface area contributed by atoms with E-state index in [0.717, 1.165) is 31.7 Å². The van der Waals surface area contributed by atoms with Gasteiger partial charge in [-0.1, -0.05) is 62.9 Å². The summed E-state index contributed by atoms with van der Waals surface area (Å²) < 4.78 is 64.1. The molecule has 142 valence electrons. The van der Waals surface area contributed by atoms with Crippen molar-refractivity contribution in [1.82, 2.24) is 0 Å². The maximum absolute atomic E-state index is 13.1. The van der Waals surface area contributed by atoms with E-state index in [9.17, 15) is 21.6 Å². The van der Waals surface area contributed by atoms with Crippen LogP contribution in [0.3, 0.4) is 0 Å². The molecule has 0 aliphatic rings. The van der Waals surface area contributed by atoms with E-state index in [1.165, 1.54) is 42.5 Å². The number of sulfone groups is 1. The summed E-state index contributed by atoms with van der Waals surface area (Å²) in [4.78, 5) is 0.154. The van der Waals surface area contributed by atoms with Crippen molar-refractivity contribution in [2.24, 2.45) is 0 Å². The van der Waals surface area contributed by atoms with E-state index < -0.39 is 21.6 Å². The first kappa shape index (κ1) is 20.5. The summed E-state index contributed by atoms with van der Waals surface area (Å²) in [5, 5.41) is 0. The average Bonchev–Trinajstić information content (AvgIpc) is 2.61. The van der Waals surface area contributed by atoms with E-state index in [-0.39, 0.29) is 16.2 Å². The van der Waals surface area contributed by atoms with E-state index in [4.69, 9.17) is 0 Å². The second-order valence-electron chi connectivity index (χ2n) is 6.30. The Hall–Kier alpha value is -1.82. The summed E-state index contributed by atoms with van der Waals surface area (Å²) in [5.74, 6) is 0.0647. The molecule has 2 rings (SSSR count). The maximum Gasteiger partial charge on any atom is 0.417 e. The minimum absolute atomic E-state index is 0.0449. The third kappa shape index (κ3) is 5.34. The number of benzene rings is 2. The first-order chi connectivity index (χ1) is 12.3. The molecule has 0 atom stereocenters. The smallest absolute Gasteiger partial charge is 0.224 e. The predicted molar refractivity (Wildman–Crippen MR) is 97.7 cm³/mol. The first-order valence-electron chi connectivity index (χ1n) is 8.75. The highest BCUT2D eigenvalue weighted by molar-refractivity contribution is 7.91. The Morgan fingerprint density at radius 2 is 1.46 bits per heavy atom. The van der Waals surface area contributed by atoms with Crippen LogP contribution in [0.4, 0.5) is 13.2 Å². The Kier molecular flexibility index (Phi) is 6.87. The minimum Gasteiger partial charge on any atom is -0.224 e. The van der Waals surface area contributed by atoms with E-state index in [1.807, 2.05) is 0 Å². The van der Waals surface area contributed by atoms with Crippen molar-refractivity contribution in [2.45, 2.75) is 50.1 Å². The molecule has 2 nitrogen and oxygen atoms in total. The molecule has 0 aromatic heterocycles. The number of unbranched alkanes of at least 4 members (excludes halogenated alkanes) is 4. The molecule has 0 fully saturated rings. The van der Waals surface area contributed by atoms with Crippen LogP contribution in [-0.2, 0) is 16.0 Å². The molecule has 0 aliphatic heterocycles. The van der Waals surface area contributed by atoms with Gasteiger partial charge in [0.15, 0.2) is 9.84 Å². The zero-order valence-electron chi connectivity index (χ0n) is 14.7. The highest BCUT2D eigenvalue weighted by Gasteiger charge is 2.33. The monoisotopic (exact) mass is 384 g/mol. The Morgan fingerprint density at radius 3 is 2.08 bits per heavy atom. The number of halogens is 3. The van der Waals surface area contributed by atoms with Crippen molar-refractivity contribution >= 4 is 9.84 Å². The molecule has 0 N–H and O–H groups in total. The Morgan fingerprint density at radius 1 is 0.846 bits per heavy atom. The van der Waals surface area contributed by atoms with Crippen LogP contribution in [0.15, 0.2) is 53.4 Å². The summed E-state index contributed by atoms with van der Waals surface area (Å²) in [5.41, 5.74) is -0.338. The van der Waals surface area contributed by atoms with Crippen LogP contribution in [0.2, 0.25) is 0 Å². The van der Waals surface area contributed by atoms with Crippen molar-refractivity contribution in [3.05, 3.63) is 54.1 Å². The molecule has 0 unspecified atom stereocenters. The van der Waals surface area contributed by atoms with E-state index in [0.29, 0.717) is 12.0 Å². The second-order valence-corrected chi connectivity index (χ2v) is 8.41. The molecule has 26 heavy (non-hydrogen) atoms. The number of rotatable bonds is 8. The zero-order valence-corrected chi connectivity index (χ0v) is 15.5. The summed E-state index contributed by atoms with van der Waals surface area (Å²) in [6, 6.07) is 10.9. The highest BCUT2D eigenvalue weighted by Crippen LogP contribution is 2.37. The summed E-state index contributed by atoms with van der Waals surface area (Å²) in [6.45, 7) is 2.09. The number of hydrogen-bond acceptors (Lipinski definition) is 2. The molecule has 0 amide bonds. The molecule has 0 saturated carbocycles.